The molecule has 0 saturated carbocycles. The van der Waals surface area contributed by atoms with Gasteiger partial charge in [-0.2, -0.15) is 0 Å². The second kappa shape index (κ2) is 9.01. The van der Waals surface area contributed by atoms with Gasteiger partial charge in [0, 0.05) is 0 Å². The minimum Gasteiger partial charge on any atom is -0.481 e. The molecule has 0 atom stereocenters. The summed E-state index contributed by atoms with van der Waals surface area (Å²) in [5, 5.41) is 19.6. The van der Waals surface area contributed by atoms with Crippen LogP contribution in [0.25, 0.3) is 0 Å². The van der Waals surface area contributed by atoms with Crippen molar-refractivity contribution < 1.29 is 37.8 Å². The summed E-state index contributed by atoms with van der Waals surface area (Å²) in [6.07, 6.45) is -0.415. The summed E-state index contributed by atoms with van der Waals surface area (Å²) in [7, 11) is 0. The Balaban J connectivity index is 2.33. The molecule has 0 bridgehead atoms. The number of rotatable bonds is 8. The maximum Gasteiger partial charge on any atom is 0.307 e. The number of nitrogens with one attached hydrogen (secondary N) is 2. The highest BCUT2D eigenvalue weighted by Crippen LogP contribution is 2.28. The fraction of sp³-hybridized carbons (Fsp3) is 0.176. The predicted octanol–water partition coefficient (Wildman–Crippen LogP) is 2.13. The van der Waals surface area contributed by atoms with Crippen LogP contribution in [0.2, 0.25) is 0 Å². The van der Waals surface area contributed by atoms with Crippen molar-refractivity contribution in [2.45, 2.75) is 6.42 Å². The van der Waals surface area contributed by atoms with Crippen molar-refractivity contribution in [1.82, 2.24) is 5.48 Å². The summed E-state index contributed by atoms with van der Waals surface area (Å²) in [5.41, 5.74) is 0.797. The minimum atomic E-state index is -1.42. The summed E-state index contributed by atoms with van der Waals surface area (Å²) >= 11 is 0. The van der Waals surface area contributed by atoms with Crippen molar-refractivity contribution in [2.24, 2.45) is 0 Å². The molecule has 0 aliphatic heterocycles. The molecule has 2 rings (SSSR count). The van der Waals surface area contributed by atoms with E-state index in [-0.39, 0.29) is 30.0 Å². The third kappa shape index (κ3) is 5.19. The SMILES string of the molecule is O=C(O)Cc1ccc(Nc2c(C(=O)NOCCO)ccc(F)c2F)c(F)c1. The number of amides is 1. The Labute approximate surface area is 151 Å². The molecule has 10 heteroatoms. The molecule has 0 saturated heterocycles. The van der Waals surface area contributed by atoms with Crippen molar-refractivity contribution in [3.63, 3.8) is 0 Å². The Morgan fingerprint density at radius 3 is 2.44 bits per heavy atom. The maximum atomic E-state index is 14.2. The molecule has 2 aromatic rings. The Kier molecular flexibility index (Phi) is 6.74. The molecule has 0 radical (unpaired) electrons. The normalized spacial score (nSPS) is 10.5. The number of aliphatic hydroxyl groups is 1. The molecule has 7 nitrogen and oxygen atoms in total. The van der Waals surface area contributed by atoms with Crippen LogP contribution in [0.5, 0.6) is 0 Å². The summed E-state index contributed by atoms with van der Waals surface area (Å²) in [4.78, 5) is 27.3. The molecule has 0 heterocycles. The predicted molar refractivity (Wildman–Crippen MR) is 87.9 cm³/mol. The van der Waals surface area contributed by atoms with Gasteiger partial charge >= 0.3 is 5.97 Å². The molecule has 1 amide bonds. The van der Waals surface area contributed by atoms with Gasteiger partial charge in [0.1, 0.15) is 5.82 Å². The molecule has 2 aromatic carbocycles. The van der Waals surface area contributed by atoms with Crippen LogP contribution in [-0.4, -0.2) is 35.3 Å². The van der Waals surface area contributed by atoms with Crippen molar-refractivity contribution in [3.05, 3.63) is 58.9 Å². The van der Waals surface area contributed by atoms with Crippen LogP contribution in [-0.2, 0) is 16.1 Å². The largest absolute Gasteiger partial charge is 0.481 e. The summed E-state index contributed by atoms with van der Waals surface area (Å²) in [6.45, 7) is -0.602. The van der Waals surface area contributed by atoms with E-state index < -0.39 is 41.4 Å². The Morgan fingerprint density at radius 1 is 1.07 bits per heavy atom. The number of carboxylic acid groups (broad SMARTS) is 1. The molecule has 27 heavy (non-hydrogen) atoms. The Hall–Kier alpha value is -3.11. The fourth-order valence-corrected chi connectivity index (χ4v) is 2.16. The fourth-order valence-electron chi connectivity index (χ4n) is 2.16. The molecular weight excluding hydrogens is 369 g/mol. The van der Waals surface area contributed by atoms with Gasteiger partial charge in [-0.3, -0.25) is 14.4 Å². The van der Waals surface area contributed by atoms with Crippen LogP contribution in [0.1, 0.15) is 15.9 Å². The standard InChI is InChI=1S/C17H15F3N2O5/c18-11-3-2-10(17(26)22-27-6-5-23)16(15(11)20)21-13-4-1-9(7-12(13)19)8-14(24)25/h1-4,7,21,23H,5-6,8H2,(H,22,26)(H,24,25). The van der Waals surface area contributed by atoms with Gasteiger partial charge in [-0.05, 0) is 29.8 Å². The van der Waals surface area contributed by atoms with Crippen molar-refractivity contribution in [1.29, 1.82) is 0 Å². The highest BCUT2D eigenvalue weighted by atomic mass is 19.2. The van der Waals surface area contributed by atoms with Gasteiger partial charge in [0.15, 0.2) is 11.6 Å². The monoisotopic (exact) mass is 384 g/mol. The first-order valence-corrected chi connectivity index (χ1v) is 7.61. The number of hydrogen-bond acceptors (Lipinski definition) is 5. The maximum absolute atomic E-state index is 14.2. The highest BCUT2D eigenvalue weighted by Gasteiger charge is 2.20. The smallest absolute Gasteiger partial charge is 0.307 e. The van der Waals surface area contributed by atoms with Crippen LogP contribution in [0, 0.1) is 17.5 Å². The molecule has 4 N–H and O–H groups in total. The molecular formula is C17H15F3N2O5. The third-order valence-electron chi connectivity index (χ3n) is 3.35. The molecule has 0 aliphatic carbocycles. The van der Waals surface area contributed by atoms with Gasteiger partial charge in [0.25, 0.3) is 5.91 Å². The first kappa shape index (κ1) is 20.2. The van der Waals surface area contributed by atoms with Gasteiger partial charge in [-0.25, -0.2) is 18.7 Å². The number of hydroxylamine groups is 1. The molecule has 0 spiro atoms. The van der Waals surface area contributed by atoms with Gasteiger partial charge in [-0.1, -0.05) is 6.07 Å². The number of anilines is 2. The van der Waals surface area contributed by atoms with Crippen LogP contribution in [0.3, 0.4) is 0 Å². The second-order valence-electron chi connectivity index (χ2n) is 5.30. The third-order valence-corrected chi connectivity index (χ3v) is 3.35. The number of carbonyl (C=O) groups excluding carboxylic acids is 1. The number of aliphatic hydroxyl groups excluding tert-OH is 1. The summed E-state index contributed by atoms with van der Waals surface area (Å²) in [6, 6.07) is 5.05. The van der Waals surface area contributed by atoms with E-state index in [9.17, 15) is 22.8 Å². The number of hydrogen-bond donors (Lipinski definition) is 4. The zero-order chi connectivity index (χ0) is 20.0. The first-order chi connectivity index (χ1) is 12.8. The van der Waals surface area contributed by atoms with Crippen LogP contribution in [0.4, 0.5) is 24.5 Å². The van der Waals surface area contributed by atoms with Gasteiger partial charge in [0.2, 0.25) is 0 Å². The van der Waals surface area contributed by atoms with Crippen molar-refractivity contribution in [2.75, 3.05) is 18.5 Å². The Bertz CT molecular complexity index is 861. The minimum absolute atomic E-state index is 0.167. The van der Waals surface area contributed by atoms with Gasteiger partial charge < -0.3 is 15.5 Å². The molecule has 0 aliphatic rings. The number of carboxylic acids is 1. The number of halogens is 3. The van der Waals surface area contributed by atoms with Crippen LogP contribution >= 0.6 is 0 Å². The van der Waals surface area contributed by atoms with E-state index in [1.54, 1.807) is 0 Å². The van der Waals surface area contributed by atoms with E-state index in [1.807, 2.05) is 5.48 Å². The lowest BCUT2D eigenvalue weighted by Gasteiger charge is -2.14. The zero-order valence-corrected chi connectivity index (χ0v) is 13.8. The average molecular weight is 384 g/mol. The van der Waals surface area contributed by atoms with Gasteiger partial charge in [-0.15, -0.1) is 0 Å². The molecule has 0 aromatic heterocycles. The van der Waals surface area contributed by atoms with Crippen LogP contribution < -0.4 is 10.8 Å². The lowest BCUT2D eigenvalue weighted by Crippen LogP contribution is -2.26. The molecule has 0 fully saturated rings. The van der Waals surface area contributed by atoms with E-state index >= 15 is 0 Å². The van der Waals surface area contributed by atoms with Gasteiger partial charge in [0.05, 0.1) is 36.6 Å². The van der Waals surface area contributed by atoms with Crippen LogP contribution in [0.15, 0.2) is 30.3 Å². The second-order valence-corrected chi connectivity index (χ2v) is 5.30. The van der Waals surface area contributed by atoms with E-state index in [0.717, 1.165) is 18.2 Å². The molecule has 144 valence electrons. The average Bonchev–Trinajstić information content (AvgIpc) is 2.60. The lowest BCUT2D eigenvalue weighted by molar-refractivity contribution is -0.136. The first-order valence-electron chi connectivity index (χ1n) is 7.61. The summed E-state index contributed by atoms with van der Waals surface area (Å²) in [5.74, 6) is -5.71. The van der Waals surface area contributed by atoms with E-state index in [0.29, 0.717) is 6.07 Å². The Morgan fingerprint density at radius 2 is 1.81 bits per heavy atom. The van der Waals surface area contributed by atoms with E-state index in [2.05, 4.69) is 10.2 Å². The lowest BCUT2D eigenvalue weighted by atomic mass is 10.1. The van der Waals surface area contributed by atoms with Crippen molar-refractivity contribution in [3.8, 4) is 0 Å². The summed E-state index contributed by atoms with van der Waals surface area (Å²) < 4.78 is 41.9. The highest BCUT2D eigenvalue weighted by molar-refractivity contribution is 6.00. The quantitative estimate of drug-likeness (QED) is 0.410. The number of carbonyl (C=O) groups is 2. The van der Waals surface area contributed by atoms with E-state index in [4.69, 9.17) is 10.2 Å². The van der Waals surface area contributed by atoms with E-state index in [1.165, 1.54) is 6.07 Å². The topological polar surface area (TPSA) is 108 Å². The zero-order valence-electron chi connectivity index (χ0n) is 13.8. The number of aliphatic carboxylic acids is 1. The number of benzene rings is 2. The van der Waals surface area contributed by atoms with Crippen molar-refractivity contribution >= 4 is 23.3 Å². The molecule has 0 unspecified atom stereocenters.